The van der Waals surface area contributed by atoms with Gasteiger partial charge in [-0.05, 0) is 12.8 Å². The lowest BCUT2D eigenvalue weighted by Crippen LogP contribution is -2.46. The molecule has 0 radical (unpaired) electrons. The average Bonchev–Trinajstić information content (AvgIpc) is 2.26. The van der Waals surface area contributed by atoms with Gasteiger partial charge in [-0.3, -0.25) is 0 Å². The molecule has 0 aliphatic carbocycles. The van der Waals surface area contributed by atoms with E-state index in [0.717, 1.165) is 32.7 Å². The molecule has 1 fully saturated rings. The van der Waals surface area contributed by atoms with Gasteiger partial charge in [-0.1, -0.05) is 13.8 Å². The van der Waals surface area contributed by atoms with Crippen LogP contribution in [0.1, 0.15) is 26.7 Å². The fourth-order valence-corrected chi connectivity index (χ4v) is 1.64. The highest BCUT2D eigenvalue weighted by molar-refractivity contribution is 4.84. The van der Waals surface area contributed by atoms with Crippen LogP contribution in [0.25, 0.3) is 0 Å². The second-order valence-corrected chi connectivity index (χ2v) is 4.49. The summed E-state index contributed by atoms with van der Waals surface area (Å²) in [5, 5.41) is 8.61. The largest absolute Gasteiger partial charge is 0.394 e. The molecule has 0 aromatic rings. The fourth-order valence-electron chi connectivity index (χ4n) is 1.64. The number of aliphatic hydroxyl groups excluding tert-OH is 1. The Kier molecular flexibility index (Phi) is 6.28. The minimum Gasteiger partial charge on any atom is -0.394 e. The lowest BCUT2D eigenvalue weighted by Gasteiger charge is -2.41. The maximum absolute atomic E-state index is 8.61. The Morgan fingerprint density at radius 1 is 1.38 bits per heavy atom. The van der Waals surface area contributed by atoms with E-state index < -0.39 is 0 Å². The van der Waals surface area contributed by atoms with Crippen molar-refractivity contribution in [3.05, 3.63) is 0 Å². The molecule has 4 nitrogen and oxygen atoms in total. The molecule has 1 unspecified atom stereocenters. The molecule has 1 saturated heterocycles. The summed E-state index contributed by atoms with van der Waals surface area (Å²) in [5.74, 6) is 0. The van der Waals surface area contributed by atoms with E-state index in [2.05, 4.69) is 13.8 Å². The van der Waals surface area contributed by atoms with Crippen LogP contribution in [0.3, 0.4) is 0 Å². The molecule has 1 heterocycles. The van der Waals surface area contributed by atoms with E-state index in [1.54, 1.807) is 0 Å². The maximum Gasteiger partial charge on any atom is 0.0806 e. The van der Waals surface area contributed by atoms with Crippen LogP contribution in [-0.4, -0.2) is 50.9 Å². The SMILES string of the molecule is CCC(COCCO)OCC1(CC)COC1. The first-order valence-electron chi connectivity index (χ1n) is 6.14. The van der Waals surface area contributed by atoms with Crippen molar-refractivity contribution in [2.45, 2.75) is 32.8 Å². The summed E-state index contributed by atoms with van der Waals surface area (Å²) in [4.78, 5) is 0. The second kappa shape index (κ2) is 7.22. The smallest absolute Gasteiger partial charge is 0.0806 e. The molecule has 0 amide bonds. The Hall–Kier alpha value is -0.160. The Morgan fingerprint density at radius 3 is 2.56 bits per heavy atom. The zero-order valence-corrected chi connectivity index (χ0v) is 10.4. The maximum atomic E-state index is 8.61. The quantitative estimate of drug-likeness (QED) is 0.607. The van der Waals surface area contributed by atoms with Gasteiger partial charge in [0, 0.05) is 5.41 Å². The minimum atomic E-state index is 0.0726. The molecule has 1 atom stereocenters. The van der Waals surface area contributed by atoms with Gasteiger partial charge in [-0.15, -0.1) is 0 Å². The van der Waals surface area contributed by atoms with Crippen molar-refractivity contribution in [2.75, 3.05) is 39.6 Å². The molecule has 4 heteroatoms. The summed E-state index contributed by atoms with van der Waals surface area (Å²) in [6.45, 7) is 7.68. The summed E-state index contributed by atoms with van der Waals surface area (Å²) in [7, 11) is 0. The van der Waals surface area contributed by atoms with Crippen molar-refractivity contribution in [1.82, 2.24) is 0 Å². The van der Waals surface area contributed by atoms with Crippen LogP contribution in [0.15, 0.2) is 0 Å². The van der Waals surface area contributed by atoms with E-state index in [4.69, 9.17) is 19.3 Å². The first-order chi connectivity index (χ1) is 7.76. The van der Waals surface area contributed by atoms with Crippen molar-refractivity contribution >= 4 is 0 Å². The zero-order chi connectivity index (χ0) is 11.9. The predicted octanol–water partition coefficient (Wildman–Crippen LogP) is 1.22. The first kappa shape index (κ1) is 13.9. The van der Waals surface area contributed by atoms with E-state index in [-0.39, 0.29) is 18.1 Å². The number of hydrogen-bond acceptors (Lipinski definition) is 4. The van der Waals surface area contributed by atoms with Gasteiger partial charge in [0.2, 0.25) is 0 Å². The van der Waals surface area contributed by atoms with Crippen molar-refractivity contribution in [1.29, 1.82) is 0 Å². The highest BCUT2D eigenvalue weighted by Crippen LogP contribution is 2.31. The van der Waals surface area contributed by atoms with Gasteiger partial charge in [0.05, 0.1) is 45.7 Å². The van der Waals surface area contributed by atoms with Gasteiger partial charge in [0.15, 0.2) is 0 Å². The summed E-state index contributed by atoms with van der Waals surface area (Å²) in [5.41, 5.74) is 0.240. The number of hydrogen-bond donors (Lipinski definition) is 1. The van der Waals surface area contributed by atoms with Gasteiger partial charge in [-0.25, -0.2) is 0 Å². The minimum absolute atomic E-state index is 0.0726. The lowest BCUT2D eigenvalue weighted by molar-refractivity contribution is -0.166. The van der Waals surface area contributed by atoms with Gasteiger partial charge in [-0.2, -0.15) is 0 Å². The van der Waals surface area contributed by atoms with Crippen LogP contribution in [0.5, 0.6) is 0 Å². The lowest BCUT2D eigenvalue weighted by atomic mass is 9.84. The first-order valence-corrected chi connectivity index (χ1v) is 6.14. The summed E-state index contributed by atoms with van der Waals surface area (Å²) in [6.07, 6.45) is 2.17. The highest BCUT2D eigenvalue weighted by atomic mass is 16.5. The van der Waals surface area contributed by atoms with Crippen molar-refractivity contribution < 1.29 is 19.3 Å². The Labute approximate surface area is 97.9 Å². The molecule has 96 valence electrons. The van der Waals surface area contributed by atoms with Crippen LogP contribution < -0.4 is 0 Å². The van der Waals surface area contributed by atoms with Gasteiger partial charge >= 0.3 is 0 Å². The topological polar surface area (TPSA) is 47.9 Å². The predicted molar refractivity (Wildman–Crippen MR) is 61.5 cm³/mol. The monoisotopic (exact) mass is 232 g/mol. The van der Waals surface area contributed by atoms with Crippen molar-refractivity contribution in [3.63, 3.8) is 0 Å². The highest BCUT2D eigenvalue weighted by Gasteiger charge is 2.37. The van der Waals surface area contributed by atoms with Gasteiger partial charge in [0.25, 0.3) is 0 Å². The molecule has 0 aromatic carbocycles. The fraction of sp³-hybridized carbons (Fsp3) is 1.00. The molecular formula is C12H24O4. The Morgan fingerprint density at radius 2 is 2.12 bits per heavy atom. The molecule has 1 N–H and O–H groups in total. The second-order valence-electron chi connectivity index (χ2n) is 4.49. The van der Waals surface area contributed by atoms with Crippen LogP contribution >= 0.6 is 0 Å². The molecule has 0 saturated carbocycles. The summed E-state index contributed by atoms with van der Waals surface area (Å²) < 4.78 is 16.4. The molecule has 0 aromatic heterocycles. The third-order valence-corrected chi connectivity index (χ3v) is 3.19. The van der Waals surface area contributed by atoms with Crippen LogP contribution in [-0.2, 0) is 14.2 Å². The number of rotatable bonds is 9. The van der Waals surface area contributed by atoms with E-state index >= 15 is 0 Å². The van der Waals surface area contributed by atoms with Gasteiger partial charge in [0.1, 0.15) is 0 Å². The van der Waals surface area contributed by atoms with E-state index in [9.17, 15) is 0 Å². The van der Waals surface area contributed by atoms with E-state index in [1.165, 1.54) is 0 Å². The molecular weight excluding hydrogens is 208 g/mol. The number of ether oxygens (including phenoxy) is 3. The molecule has 16 heavy (non-hydrogen) atoms. The number of aliphatic hydroxyl groups is 1. The van der Waals surface area contributed by atoms with E-state index in [0.29, 0.717) is 13.2 Å². The third kappa shape index (κ3) is 4.01. The molecule has 1 aliphatic heterocycles. The average molecular weight is 232 g/mol. The molecule has 1 rings (SSSR count). The van der Waals surface area contributed by atoms with Crippen molar-refractivity contribution in [3.8, 4) is 0 Å². The normalized spacial score (nSPS) is 20.4. The standard InChI is InChI=1S/C12H24O4/c1-3-11(7-14-6-5-13)16-10-12(4-2)8-15-9-12/h11,13H,3-10H2,1-2H3. The zero-order valence-electron chi connectivity index (χ0n) is 10.4. The third-order valence-electron chi connectivity index (χ3n) is 3.19. The Balaban J connectivity index is 2.17. The van der Waals surface area contributed by atoms with Crippen molar-refractivity contribution in [2.24, 2.45) is 5.41 Å². The van der Waals surface area contributed by atoms with Crippen LogP contribution in [0.4, 0.5) is 0 Å². The molecule has 1 aliphatic rings. The van der Waals surface area contributed by atoms with E-state index in [1.807, 2.05) is 0 Å². The Bertz CT molecular complexity index is 174. The molecule has 0 spiro atoms. The summed E-state index contributed by atoms with van der Waals surface area (Å²) in [6, 6.07) is 0. The van der Waals surface area contributed by atoms with Gasteiger partial charge < -0.3 is 19.3 Å². The molecule has 0 bridgehead atoms. The van der Waals surface area contributed by atoms with Crippen LogP contribution in [0, 0.1) is 5.41 Å². The summed E-state index contributed by atoms with van der Waals surface area (Å²) >= 11 is 0. The van der Waals surface area contributed by atoms with Crippen LogP contribution in [0.2, 0.25) is 0 Å².